The standard InChI is InChI=1S/C23H9Cl5F2N4S/c24-11-3-1-10(2-4-11)5-20-21(12-6-18(29)16(27)8-14(12)25)33-34-22(31-32-23(34)35-20)13-7-19(30)17(28)9-15(13)26/h1-9H. The minimum absolute atomic E-state index is 0.125. The maximum Gasteiger partial charge on any atom is 0.217 e. The Morgan fingerprint density at radius 3 is 2.00 bits per heavy atom. The molecule has 0 bridgehead atoms. The van der Waals surface area contributed by atoms with Crippen molar-refractivity contribution >= 4 is 81.6 Å². The average Bonchev–Trinajstić information content (AvgIpc) is 3.22. The molecule has 3 aromatic carbocycles. The van der Waals surface area contributed by atoms with E-state index in [4.69, 9.17) is 58.0 Å². The number of hydrogen-bond acceptors (Lipinski definition) is 4. The number of aromatic nitrogens is 3. The Labute approximate surface area is 227 Å². The molecule has 0 aliphatic carbocycles. The largest absolute Gasteiger partial charge is 0.217 e. The topological polar surface area (TPSA) is 43.1 Å². The molecule has 0 N–H and O–H groups in total. The molecule has 5 rings (SSSR count). The highest BCUT2D eigenvalue weighted by molar-refractivity contribution is 8.04. The van der Waals surface area contributed by atoms with E-state index in [0.29, 0.717) is 26.4 Å². The number of hydrogen-bond donors (Lipinski definition) is 0. The third-order valence-corrected chi connectivity index (χ3v) is 7.36. The molecule has 4 nitrogen and oxygen atoms in total. The fourth-order valence-corrected chi connectivity index (χ4v) is 5.28. The number of nitrogens with zero attached hydrogens (tertiary/aromatic N) is 4. The van der Waals surface area contributed by atoms with Crippen molar-refractivity contribution in [2.45, 2.75) is 5.16 Å². The second-order valence-electron chi connectivity index (χ2n) is 7.22. The summed E-state index contributed by atoms with van der Waals surface area (Å²) in [5, 5.41) is 14.0. The molecular formula is C23H9Cl5F2N4S. The highest BCUT2D eigenvalue weighted by Gasteiger charge is 2.28. The van der Waals surface area contributed by atoms with Gasteiger partial charge in [-0.1, -0.05) is 70.1 Å². The lowest BCUT2D eigenvalue weighted by atomic mass is 10.1. The van der Waals surface area contributed by atoms with Gasteiger partial charge in [-0.2, -0.15) is 9.78 Å². The molecule has 0 saturated carbocycles. The normalized spacial score (nSPS) is 14.3. The van der Waals surface area contributed by atoms with Crippen LogP contribution in [0, 0.1) is 11.6 Å². The van der Waals surface area contributed by atoms with Crippen LogP contribution in [0.4, 0.5) is 8.78 Å². The van der Waals surface area contributed by atoms with E-state index in [1.165, 1.54) is 34.6 Å². The van der Waals surface area contributed by atoms with Gasteiger partial charge in [0.05, 0.1) is 20.1 Å². The van der Waals surface area contributed by atoms with Crippen LogP contribution in [0.1, 0.15) is 11.1 Å². The van der Waals surface area contributed by atoms with Crippen LogP contribution in [0.25, 0.3) is 17.5 Å². The van der Waals surface area contributed by atoms with Crippen LogP contribution in [0.15, 0.2) is 63.7 Å². The maximum atomic E-state index is 14.4. The molecule has 0 unspecified atom stereocenters. The summed E-state index contributed by atoms with van der Waals surface area (Å²) < 4.78 is 30.0. The lowest BCUT2D eigenvalue weighted by Gasteiger charge is -2.18. The molecule has 0 radical (unpaired) electrons. The van der Waals surface area contributed by atoms with Crippen molar-refractivity contribution in [1.29, 1.82) is 0 Å². The highest BCUT2D eigenvalue weighted by Crippen LogP contribution is 2.40. The van der Waals surface area contributed by atoms with E-state index >= 15 is 0 Å². The fraction of sp³-hybridized carbons (Fsp3) is 0. The number of halogens is 7. The number of fused-ring (bicyclic) bond motifs is 1. The molecule has 0 fully saturated rings. The summed E-state index contributed by atoms with van der Waals surface area (Å²) in [6.07, 6.45) is 1.83. The molecule has 0 saturated heterocycles. The van der Waals surface area contributed by atoms with Crippen molar-refractivity contribution in [2.75, 3.05) is 0 Å². The number of rotatable bonds is 3. The van der Waals surface area contributed by atoms with Crippen LogP contribution in [0.3, 0.4) is 0 Å². The smallest absolute Gasteiger partial charge is 0.205 e. The molecule has 0 spiro atoms. The van der Waals surface area contributed by atoms with Gasteiger partial charge in [0.15, 0.2) is 5.82 Å². The van der Waals surface area contributed by atoms with E-state index < -0.39 is 11.6 Å². The first-order valence-electron chi connectivity index (χ1n) is 9.71. The van der Waals surface area contributed by atoms with E-state index in [1.54, 1.807) is 12.1 Å². The van der Waals surface area contributed by atoms with Crippen LogP contribution in [-0.2, 0) is 0 Å². The Balaban J connectivity index is 1.72. The van der Waals surface area contributed by atoms with E-state index in [-0.39, 0.29) is 31.5 Å². The van der Waals surface area contributed by atoms with Gasteiger partial charge in [0.1, 0.15) is 17.3 Å². The van der Waals surface area contributed by atoms with Crippen LogP contribution >= 0.6 is 69.8 Å². The minimum Gasteiger partial charge on any atom is -0.205 e. The SMILES string of the molecule is Fc1cc(C2=Nn3c(nnc3-c3cc(F)c(Cl)cc3Cl)SC2=Cc2ccc(Cl)cc2)c(Cl)cc1Cl. The molecule has 176 valence electrons. The monoisotopic (exact) mass is 586 g/mol. The van der Waals surface area contributed by atoms with Gasteiger partial charge >= 0.3 is 0 Å². The molecule has 1 aromatic heterocycles. The lowest BCUT2D eigenvalue weighted by molar-refractivity contribution is 0.627. The van der Waals surface area contributed by atoms with Gasteiger partial charge in [-0.3, -0.25) is 0 Å². The molecule has 4 aromatic rings. The van der Waals surface area contributed by atoms with Gasteiger partial charge in [-0.15, -0.1) is 10.2 Å². The van der Waals surface area contributed by atoms with E-state index in [0.717, 1.165) is 11.6 Å². The summed E-state index contributed by atoms with van der Waals surface area (Å²) in [6.45, 7) is 0. The minimum atomic E-state index is -0.678. The molecule has 1 aliphatic rings. The maximum absolute atomic E-state index is 14.4. The highest BCUT2D eigenvalue weighted by atomic mass is 35.5. The summed E-state index contributed by atoms with van der Waals surface area (Å²) in [7, 11) is 0. The van der Waals surface area contributed by atoms with Crippen LogP contribution < -0.4 is 0 Å². The summed E-state index contributed by atoms with van der Waals surface area (Å²) in [6, 6.07) is 12.0. The van der Waals surface area contributed by atoms with Gasteiger partial charge in [-0.25, -0.2) is 8.78 Å². The van der Waals surface area contributed by atoms with E-state index in [9.17, 15) is 8.78 Å². The molecule has 2 heterocycles. The van der Waals surface area contributed by atoms with Crippen LogP contribution in [0.2, 0.25) is 25.1 Å². The zero-order valence-electron chi connectivity index (χ0n) is 17.0. The van der Waals surface area contributed by atoms with Gasteiger partial charge in [-0.05, 0) is 59.8 Å². The predicted octanol–water partition coefficient (Wildman–Crippen LogP) is 8.89. The summed E-state index contributed by atoms with van der Waals surface area (Å²) in [5.41, 5.74) is 1.66. The Hall–Kier alpha value is -2.13. The van der Waals surface area contributed by atoms with Crippen LogP contribution in [-0.4, -0.2) is 20.6 Å². The molecular weight excluding hydrogens is 580 g/mol. The van der Waals surface area contributed by atoms with Crippen molar-refractivity contribution in [3.05, 3.63) is 101 Å². The van der Waals surface area contributed by atoms with Crippen molar-refractivity contribution in [3.63, 3.8) is 0 Å². The second-order valence-corrected chi connectivity index (χ2v) is 10.3. The van der Waals surface area contributed by atoms with Gasteiger partial charge in [0.25, 0.3) is 0 Å². The third kappa shape index (κ3) is 4.81. The summed E-state index contributed by atoms with van der Waals surface area (Å²) in [5.74, 6) is -1.17. The van der Waals surface area contributed by atoms with Crippen molar-refractivity contribution < 1.29 is 8.78 Å². The van der Waals surface area contributed by atoms with Gasteiger partial charge in [0.2, 0.25) is 5.16 Å². The first kappa shape index (κ1) is 24.6. The Kier molecular flexibility index (Phi) is 6.83. The molecule has 1 aliphatic heterocycles. The van der Waals surface area contributed by atoms with Crippen molar-refractivity contribution in [1.82, 2.24) is 14.9 Å². The second kappa shape index (κ2) is 9.73. The zero-order chi connectivity index (χ0) is 24.9. The van der Waals surface area contributed by atoms with Crippen molar-refractivity contribution in [3.8, 4) is 11.4 Å². The van der Waals surface area contributed by atoms with Crippen LogP contribution in [0.5, 0.6) is 0 Å². The first-order chi connectivity index (χ1) is 16.7. The number of allylic oxidation sites excluding steroid dienone is 1. The Morgan fingerprint density at radius 2 is 1.34 bits per heavy atom. The molecule has 0 amide bonds. The average molecular weight is 589 g/mol. The van der Waals surface area contributed by atoms with Crippen molar-refractivity contribution in [2.24, 2.45) is 5.10 Å². The quantitative estimate of drug-likeness (QED) is 0.225. The third-order valence-electron chi connectivity index (χ3n) is 4.93. The zero-order valence-corrected chi connectivity index (χ0v) is 21.6. The number of benzene rings is 3. The van der Waals surface area contributed by atoms with E-state index in [2.05, 4.69) is 15.3 Å². The lowest BCUT2D eigenvalue weighted by Crippen LogP contribution is -2.13. The predicted molar refractivity (Wildman–Crippen MR) is 139 cm³/mol. The first-order valence-corrected chi connectivity index (χ1v) is 12.4. The molecule has 0 atom stereocenters. The molecule has 35 heavy (non-hydrogen) atoms. The van der Waals surface area contributed by atoms with Gasteiger partial charge < -0.3 is 0 Å². The summed E-state index contributed by atoms with van der Waals surface area (Å²) in [4.78, 5) is 0.607. The Bertz CT molecular complexity index is 1550. The fourth-order valence-electron chi connectivity index (χ4n) is 3.28. The van der Waals surface area contributed by atoms with Gasteiger partial charge in [0, 0.05) is 21.1 Å². The van der Waals surface area contributed by atoms with E-state index in [1.807, 2.05) is 18.2 Å². The number of thioether (sulfide) groups is 1. The Morgan fingerprint density at radius 1 is 0.743 bits per heavy atom. The molecule has 12 heteroatoms. The summed E-state index contributed by atoms with van der Waals surface area (Å²) >= 11 is 31.7.